The molecule has 0 atom stereocenters. The summed E-state index contributed by atoms with van der Waals surface area (Å²) in [6.45, 7) is 4.93. The average molecular weight is 388 g/mol. The molecule has 1 N–H and O–H groups in total. The van der Waals surface area contributed by atoms with Crippen molar-refractivity contribution in [2.75, 3.05) is 25.5 Å². The molecule has 2 aromatic rings. The minimum absolute atomic E-state index is 0.107. The number of carbonyl (C=O) groups excluding carboxylic acids is 1. The molecule has 1 amide bonds. The lowest BCUT2D eigenvalue weighted by Crippen LogP contribution is -2.28. The second-order valence-electron chi connectivity index (χ2n) is 6.80. The Hall–Kier alpha value is -2.38. The van der Waals surface area contributed by atoms with Crippen LogP contribution in [0.5, 0.6) is 5.75 Å². The van der Waals surface area contributed by atoms with E-state index in [1.807, 2.05) is 32.0 Å². The zero-order valence-electron chi connectivity index (χ0n) is 15.8. The molecule has 0 spiro atoms. The van der Waals surface area contributed by atoms with Gasteiger partial charge in [-0.15, -0.1) is 0 Å². The lowest BCUT2D eigenvalue weighted by Gasteiger charge is -2.17. The van der Waals surface area contributed by atoms with Crippen LogP contribution >= 0.6 is 0 Å². The van der Waals surface area contributed by atoms with Crippen LogP contribution in [0.15, 0.2) is 41.3 Å². The third-order valence-electron chi connectivity index (χ3n) is 4.60. The maximum absolute atomic E-state index is 12.8. The third-order valence-corrected chi connectivity index (χ3v) is 6.49. The Balaban J connectivity index is 1.94. The Bertz CT molecular complexity index is 944. The predicted octanol–water partition coefficient (Wildman–Crippen LogP) is 3.35. The number of sulfonamides is 1. The van der Waals surface area contributed by atoms with Crippen LogP contribution in [-0.2, 0) is 10.0 Å². The zero-order chi connectivity index (χ0) is 19.6. The topological polar surface area (TPSA) is 75.7 Å². The van der Waals surface area contributed by atoms with Gasteiger partial charge >= 0.3 is 0 Å². The number of anilines is 1. The maximum Gasteiger partial charge on any atom is 0.259 e. The van der Waals surface area contributed by atoms with Crippen molar-refractivity contribution in [1.82, 2.24) is 4.31 Å². The molecule has 0 unspecified atom stereocenters. The van der Waals surface area contributed by atoms with Gasteiger partial charge in [0.15, 0.2) is 0 Å². The number of rotatable bonds is 5. The molecule has 1 saturated heterocycles. The number of hydrogen-bond donors (Lipinski definition) is 1. The first-order valence-corrected chi connectivity index (χ1v) is 10.3. The molecule has 1 heterocycles. The number of ether oxygens (including phenoxy) is 1. The van der Waals surface area contributed by atoms with E-state index in [-0.39, 0.29) is 10.5 Å². The summed E-state index contributed by atoms with van der Waals surface area (Å²) >= 11 is 0. The molecule has 0 saturated carbocycles. The number of nitrogens with one attached hydrogen (secondary N) is 1. The number of amides is 1. The first kappa shape index (κ1) is 19.4. The van der Waals surface area contributed by atoms with Crippen molar-refractivity contribution in [2.45, 2.75) is 31.6 Å². The fourth-order valence-electron chi connectivity index (χ4n) is 3.35. The highest BCUT2D eigenvalue weighted by Gasteiger charge is 2.28. The minimum atomic E-state index is -3.61. The summed E-state index contributed by atoms with van der Waals surface area (Å²) in [5, 5.41) is 2.84. The molecule has 3 rings (SSSR count). The lowest BCUT2D eigenvalue weighted by atomic mass is 10.1. The van der Waals surface area contributed by atoms with Gasteiger partial charge in [-0.1, -0.05) is 6.07 Å². The largest absolute Gasteiger partial charge is 0.496 e. The Labute approximate surface area is 160 Å². The number of nitrogens with zero attached hydrogens (tertiary/aromatic N) is 1. The zero-order valence-corrected chi connectivity index (χ0v) is 16.6. The molecular weight excluding hydrogens is 364 g/mol. The van der Waals surface area contributed by atoms with Gasteiger partial charge in [-0.05, 0) is 68.1 Å². The number of carbonyl (C=O) groups is 1. The molecule has 2 aromatic carbocycles. The van der Waals surface area contributed by atoms with E-state index in [9.17, 15) is 13.2 Å². The molecule has 1 aliphatic heterocycles. The highest BCUT2D eigenvalue weighted by atomic mass is 32.2. The molecule has 7 heteroatoms. The van der Waals surface area contributed by atoms with Crippen LogP contribution < -0.4 is 10.1 Å². The monoisotopic (exact) mass is 388 g/mol. The molecular formula is C20H24N2O4S. The average Bonchev–Trinajstić information content (AvgIpc) is 3.15. The van der Waals surface area contributed by atoms with Crippen LogP contribution in [0.1, 0.15) is 34.3 Å². The first-order valence-electron chi connectivity index (χ1n) is 8.89. The van der Waals surface area contributed by atoms with E-state index >= 15 is 0 Å². The van der Waals surface area contributed by atoms with Crippen molar-refractivity contribution < 1.29 is 17.9 Å². The SMILES string of the molecule is COc1ccc(S(=O)(=O)N2CCCC2)cc1C(=O)Nc1cc(C)cc(C)c1. The van der Waals surface area contributed by atoms with Crippen LogP contribution in [0.2, 0.25) is 0 Å². The van der Waals surface area contributed by atoms with E-state index in [2.05, 4.69) is 5.32 Å². The van der Waals surface area contributed by atoms with Crippen molar-refractivity contribution in [1.29, 1.82) is 0 Å². The quantitative estimate of drug-likeness (QED) is 0.852. The van der Waals surface area contributed by atoms with Crippen molar-refractivity contribution in [3.8, 4) is 5.75 Å². The van der Waals surface area contributed by atoms with Crippen LogP contribution in [0, 0.1) is 13.8 Å². The van der Waals surface area contributed by atoms with Crippen molar-refractivity contribution in [3.05, 3.63) is 53.1 Å². The van der Waals surface area contributed by atoms with Gasteiger partial charge in [0.2, 0.25) is 10.0 Å². The summed E-state index contributed by atoms with van der Waals surface area (Å²) in [5.41, 5.74) is 2.91. The summed E-state index contributed by atoms with van der Waals surface area (Å²) in [6.07, 6.45) is 1.71. The van der Waals surface area contributed by atoms with Gasteiger partial charge in [-0.3, -0.25) is 4.79 Å². The highest BCUT2D eigenvalue weighted by molar-refractivity contribution is 7.89. The van der Waals surface area contributed by atoms with E-state index < -0.39 is 15.9 Å². The second kappa shape index (κ2) is 7.70. The molecule has 0 radical (unpaired) electrons. The van der Waals surface area contributed by atoms with E-state index in [1.165, 1.54) is 29.6 Å². The maximum atomic E-state index is 12.8. The lowest BCUT2D eigenvalue weighted by molar-refractivity contribution is 0.102. The summed E-state index contributed by atoms with van der Waals surface area (Å²) in [6, 6.07) is 10.1. The van der Waals surface area contributed by atoms with Crippen molar-refractivity contribution in [3.63, 3.8) is 0 Å². The van der Waals surface area contributed by atoms with E-state index in [0.29, 0.717) is 24.5 Å². The molecule has 0 bridgehead atoms. The molecule has 0 aromatic heterocycles. The molecule has 6 nitrogen and oxygen atoms in total. The van der Waals surface area contributed by atoms with Gasteiger partial charge in [-0.2, -0.15) is 4.31 Å². The minimum Gasteiger partial charge on any atom is -0.496 e. The van der Waals surface area contributed by atoms with Crippen LogP contribution in [-0.4, -0.2) is 38.8 Å². The van der Waals surface area contributed by atoms with Crippen LogP contribution in [0.4, 0.5) is 5.69 Å². The molecule has 0 aliphatic carbocycles. The van der Waals surface area contributed by atoms with Gasteiger partial charge < -0.3 is 10.1 Å². The van der Waals surface area contributed by atoms with Gasteiger partial charge in [0.25, 0.3) is 5.91 Å². The van der Waals surface area contributed by atoms with Gasteiger partial charge in [-0.25, -0.2) is 8.42 Å². The number of methoxy groups -OCH3 is 1. The number of hydrogen-bond acceptors (Lipinski definition) is 4. The molecule has 1 aliphatic rings. The molecule has 1 fully saturated rings. The van der Waals surface area contributed by atoms with Gasteiger partial charge in [0.1, 0.15) is 5.75 Å². The highest BCUT2D eigenvalue weighted by Crippen LogP contribution is 2.27. The van der Waals surface area contributed by atoms with Crippen molar-refractivity contribution >= 4 is 21.6 Å². The van der Waals surface area contributed by atoms with E-state index in [4.69, 9.17) is 4.74 Å². The van der Waals surface area contributed by atoms with E-state index in [0.717, 1.165) is 24.0 Å². The second-order valence-corrected chi connectivity index (χ2v) is 8.74. The predicted molar refractivity (Wildman–Crippen MR) is 105 cm³/mol. The smallest absolute Gasteiger partial charge is 0.259 e. The Kier molecular flexibility index (Phi) is 5.53. The summed E-state index contributed by atoms with van der Waals surface area (Å²) < 4.78 is 32.4. The van der Waals surface area contributed by atoms with Crippen LogP contribution in [0.3, 0.4) is 0 Å². The molecule has 144 valence electrons. The van der Waals surface area contributed by atoms with E-state index in [1.54, 1.807) is 0 Å². The van der Waals surface area contributed by atoms with Gasteiger partial charge in [0, 0.05) is 18.8 Å². The Morgan fingerprint density at radius 2 is 1.67 bits per heavy atom. The van der Waals surface area contributed by atoms with Gasteiger partial charge in [0.05, 0.1) is 17.6 Å². The summed E-state index contributed by atoms with van der Waals surface area (Å²) in [5.74, 6) is -0.0763. The number of benzene rings is 2. The fourth-order valence-corrected chi connectivity index (χ4v) is 4.89. The first-order chi connectivity index (χ1) is 12.8. The molecule has 27 heavy (non-hydrogen) atoms. The summed E-state index contributed by atoms with van der Waals surface area (Å²) in [7, 11) is -2.15. The fraction of sp³-hybridized carbons (Fsp3) is 0.350. The summed E-state index contributed by atoms with van der Waals surface area (Å²) in [4.78, 5) is 12.9. The Morgan fingerprint density at radius 3 is 2.26 bits per heavy atom. The Morgan fingerprint density at radius 1 is 1.04 bits per heavy atom. The standard InChI is InChI=1S/C20H24N2O4S/c1-14-10-15(2)12-16(11-14)21-20(23)18-13-17(6-7-19(18)26-3)27(24,25)22-8-4-5-9-22/h6-7,10-13H,4-5,8-9H2,1-3H3,(H,21,23). The third kappa shape index (κ3) is 4.14. The number of aryl methyl sites for hydroxylation is 2. The van der Waals surface area contributed by atoms with Crippen LogP contribution in [0.25, 0.3) is 0 Å². The normalized spacial score (nSPS) is 14.9. The van der Waals surface area contributed by atoms with Crippen molar-refractivity contribution in [2.24, 2.45) is 0 Å².